The minimum absolute atomic E-state index is 0.0295. The van der Waals surface area contributed by atoms with Crippen LogP contribution in [-0.4, -0.2) is 10.9 Å². The van der Waals surface area contributed by atoms with Gasteiger partial charge in [-0.2, -0.15) is 0 Å². The van der Waals surface area contributed by atoms with Gasteiger partial charge in [0.1, 0.15) is 5.82 Å². The molecular formula is C12H8BrF2N3O. The van der Waals surface area contributed by atoms with E-state index in [1.54, 1.807) is 6.07 Å². The second-order valence-electron chi connectivity index (χ2n) is 3.64. The van der Waals surface area contributed by atoms with Crippen LogP contribution in [0.2, 0.25) is 0 Å². The Hall–Kier alpha value is -2.02. The summed E-state index contributed by atoms with van der Waals surface area (Å²) in [4.78, 5) is 15.7. The number of benzene rings is 1. The molecule has 0 saturated carbocycles. The van der Waals surface area contributed by atoms with E-state index < -0.39 is 17.5 Å². The third-order valence-corrected chi connectivity index (χ3v) is 2.92. The van der Waals surface area contributed by atoms with Crippen LogP contribution in [0, 0.1) is 11.6 Å². The molecule has 0 aliphatic rings. The molecule has 0 fully saturated rings. The van der Waals surface area contributed by atoms with Gasteiger partial charge in [-0.3, -0.25) is 4.79 Å². The second kappa shape index (κ2) is 5.31. The number of rotatable bonds is 2. The number of carbonyl (C=O) groups is 1. The van der Waals surface area contributed by atoms with Crippen LogP contribution < -0.4 is 11.1 Å². The Labute approximate surface area is 115 Å². The molecule has 0 radical (unpaired) electrons. The van der Waals surface area contributed by atoms with Gasteiger partial charge in [-0.05, 0) is 34.1 Å². The first-order chi connectivity index (χ1) is 8.99. The number of hydrogen-bond donors (Lipinski definition) is 2. The van der Waals surface area contributed by atoms with Gasteiger partial charge in [-0.15, -0.1) is 0 Å². The lowest BCUT2D eigenvalue weighted by atomic mass is 10.2. The van der Waals surface area contributed by atoms with Crippen molar-refractivity contribution in [1.29, 1.82) is 0 Å². The number of amides is 1. The first-order valence-electron chi connectivity index (χ1n) is 5.15. The standard InChI is InChI=1S/C12H8BrF2N3O/c13-7-4-6(14)5-8(15)10(7)18-12(19)11-9(16)2-1-3-17-11/h1-5H,16H2,(H,18,19). The van der Waals surface area contributed by atoms with Crippen LogP contribution in [0.25, 0.3) is 0 Å². The van der Waals surface area contributed by atoms with Crippen molar-refractivity contribution < 1.29 is 13.6 Å². The Morgan fingerprint density at radius 3 is 2.74 bits per heavy atom. The highest BCUT2D eigenvalue weighted by molar-refractivity contribution is 9.10. The fourth-order valence-electron chi connectivity index (χ4n) is 1.44. The maximum absolute atomic E-state index is 13.6. The quantitative estimate of drug-likeness (QED) is 0.891. The number of carbonyl (C=O) groups excluding carboxylic acids is 1. The third-order valence-electron chi connectivity index (χ3n) is 2.30. The maximum Gasteiger partial charge on any atom is 0.276 e. The molecule has 4 nitrogen and oxygen atoms in total. The van der Waals surface area contributed by atoms with Gasteiger partial charge < -0.3 is 11.1 Å². The van der Waals surface area contributed by atoms with Crippen LogP contribution in [0.1, 0.15) is 10.5 Å². The van der Waals surface area contributed by atoms with E-state index in [9.17, 15) is 13.6 Å². The molecule has 0 saturated heterocycles. The van der Waals surface area contributed by atoms with Gasteiger partial charge in [0.2, 0.25) is 0 Å². The van der Waals surface area contributed by atoms with E-state index in [0.29, 0.717) is 6.07 Å². The van der Waals surface area contributed by atoms with Crippen molar-refractivity contribution in [2.45, 2.75) is 0 Å². The smallest absolute Gasteiger partial charge is 0.276 e. The average molecular weight is 328 g/mol. The molecule has 98 valence electrons. The fourth-order valence-corrected chi connectivity index (χ4v) is 1.95. The lowest BCUT2D eigenvalue weighted by Crippen LogP contribution is -2.17. The topological polar surface area (TPSA) is 68.0 Å². The largest absolute Gasteiger partial charge is 0.397 e. The Morgan fingerprint density at radius 2 is 2.11 bits per heavy atom. The number of nitrogens with two attached hydrogens (primary N) is 1. The van der Waals surface area contributed by atoms with E-state index in [2.05, 4.69) is 26.2 Å². The SMILES string of the molecule is Nc1cccnc1C(=O)Nc1c(F)cc(F)cc1Br. The number of nitrogen functional groups attached to an aromatic ring is 1. The van der Waals surface area contributed by atoms with Crippen LogP contribution in [0.15, 0.2) is 34.9 Å². The molecule has 0 aliphatic heterocycles. The number of nitrogens with zero attached hydrogens (tertiary/aromatic N) is 1. The number of halogens is 3. The van der Waals surface area contributed by atoms with Crippen molar-refractivity contribution in [3.05, 3.63) is 52.3 Å². The van der Waals surface area contributed by atoms with Crippen LogP contribution in [0.3, 0.4) is 0 Å². The van der Waals surface area contributed by atoms with Crippen molar-refractivity contribution >= 4 is 33.2 Å². The molecule has 1 amide bonds. The normalized spacial score (nSPS) is 10.3. The first-order valence-corrected chi connectivity index (χ1v) is 5.94. The van der Waals surface area contributed by atoms with Gasteiger partial charge in [-0.1, -0.05) is 0 Å². The Morgan fingerprint density at radius 1 is 1.37 bits per heavy atom. The molecule has 2 rings (SSSR count). The molecule has 0 atom stereocenters. The number of anilines is 2. The van der Waals surface area contributed by atoms with Crippen LogP contribution >= 0.6 is 15.9 Å². The van der Waals surface area contributed by atoms with Gasteiger partial charge >= 0.3 is 0 Å². The van der Waals surface area contributed by atoms with Gasteiger partial charge in [0.25, 0.3) is 5.91 Å². The number of aromatic nitrogens is 1. The van der Waals surface area contributed by atoms with Crippen molar-refractivity contribution in [3.8, 4) is 0 Å². The van der Waals surface area contributed by atoms with Gasteiger partial charge in [0, 0.05) is 16.7 Å². The minimum Gasteiger partial charge on any atom is -0.397 e. The average Bonchev–Trinajstić information content (AvgIpc) is 2.34. The maximum atomic E-state index is 13.6. The zero-order valence-corrected chi connectivity index (χ0v) is 11.0. The number of pyridine rings is 1. The zero-order chi connectivity index (χ0) is 14.0. The molecule has 1 heterocycles. The summed E-state index contributed by atoms with van der Waals surface area (Å²) in [6.07, 6.45) is 1.39. The highest BCUT2D eigenvalue weighted by Gasteiger charge is 2.16. The van der Waals surface area contributed by atoms with Crippen LogP contribution in [-0.2, 0) is 0 Å². The summed E-state index contributed by atoms with van der Waals surface area (Å²) in [5, 5.41) is 2.29. The third kappa shape index (κ3) is 2.87. The van der Waals surface area contributed by atoms with E-state index >= 15 is 0 Å². The van der Waals surface area contributed by atoms with Crippen molar-refractivity contribution in [2.75, 3.05) is 11.1 Å². The highest BCUT2D eigenvalue weighted by atomic mass is 79.9. The second-order valence-corrected chi connectivity index (χ2v) is 4.49. The molecule has 0 aliphatic carbocycles. The lowest BCUT2D eigenvalue weighted by Gasteiger charge is -2.09. The number of hydrogen-bond acceptors (Lipinski definition) is 3. The zero-order valence-electron chi connectivity index (χ0n) is 9.45. The first kappa shape index (κ1) is 13.4. The van der Waals surface area contributed by atoms with Gasteiger partial charge in [0.15, 0.2) is 11.5 Å². The van der Waals surface area contributed by atoms with Crippen LogP contribution in [0.4, 0.5) is 20.2 Å². The van der Waals surface area contributed by atoms with Crippen molar-refractivity contribution in [1.82, 2.24) is 4.98 Å². The summed E-state index contributed by atoms with van der Waals surface area (Å²) < 4.78 is 26.6. The molecule has 1 aromatic carbocycles. The highest BCUT2D eigenvalue weighted by Crippen LogP contribution is 2.27. The molecule has 3 N–H and O–H groups in total. The summed E-state index contributed by atoms with van der Waals surface area (Å²) in [7, 11) is 0. The van der Waals surface area contributed by atoms with E-state index in [0.717, 1.165) is 6.07 Å². The monoisotopic (exact) mass is 327 g/mol. The molecule has 0 unspecified atom stereocenters. The molecule has 19 heavy (non-hydrogen) atoms. The molecule has 2 aromatic rings. The van der Waals surface area contributed by atoms with Gasteiger partial charge in [-0.25, -0.2) is 13.8 Å². The molecular weight excluding hydrogens is 320 g/mol. The Kier molecular flexibility index (Phi) is 3.75. The minimum atomic E-state index is -0.894. The summed E-state index contributed by atoms with van der Waals surface area (Å²) in [5.74, 6) is -2.32. The molecule has 1 aromatic heterocycles. The molecule has 0 bridgehead atoms. The van der Waals surface area contributed by atoms with Crippen molar-refractivity contribution in [2.24, 2.45) is 0 Å². The molecule has 7 heteroatoms. The number of nitrogens with one attached hydrogen (secondary N) is 1. The summed E-state index contributed by atoms with van der Waals surface area (Å²) >= 11 is 2.97. The summed E-state index contributed by atoms with van der Waals surface area (Å²) in [5.41, 5.74) is 5.55. The predicted molar refractivity (Wildman–Crippen MR) is 70.7 cm³/mol. The van der Waals surface area contributed by atoms with Crippen LogP contribution in [0.5, 0.6) is 0 Å². The Bertz CT molecular complexity index is 626. The fraction of sp³-hybridized carbons (Fsp3) is 0. The van der Waals surface area contributed by atoms with E-state index in [1.807, 2.05) is 0 Å². The van der Waals surface area contributed by atoms with E-state index in [1.165, 1.54) is 12.3 Å². The summed E-state index contributed by atoms with van der Waals surface area (Å²) in [6.45, 7) is 0. The predicted octanol–water partition coefficient (Wildman–Crippen LogP) is 2.96. The van der Waals surface area contributed by atoms with Crippen molar-refractivity contribution in [3.63, 3.8) is 0 Å². The van der Waals surface area contributed by atoms with E-state index in [-0.39, 0.29) is 21.5 Å². The summed E-state index contributed by atoms with van der Waals surface area (Å²) in [6, 6.07) is 4.78. The Balaban J connectivity index is 2.32. The lowest BCUT2D eigenvalue weighted by molar-refractivity contribution is 0.102. The van der Waals surface area contributed by atoms with Gasteiger partial charge in [0.05, 0.1) is 11.4 Å². The van der Waals surface area contributed by atoms with E-state index in [4.69, 9.17) is 5.73 Å². The molecule has 0 spiro atoms.